The van der Waals surface area contributed by atoms with Gasteiger partial charge >= 0.3 is 0 Å². The number of hydrogen-bond donors (Lipinski definition) is 1. The number of ether oxygens (including phenoxy) is 1. The molecule has 8 nitrogen and oxygen atoms in total. The first-order chi connectivity index (χ1) is 12.2. The van der Waals surface area contributed by atoms with Crippen molar-refractivity contribution >= 4 is 0 Å². The number of nitrogens with one attached hydrogen (secondary N) is 1. The Labute approximate surface area is 145 Å². The predicted molar refractivity (Wildman–Crippen MR) is 89.6 cm³/mol. The van der Waals surface area contributed by atoms with E-state index < -0.39 is 0 Å². The normalized spacial score (nSPS) is 20.9. The van der Waals surface area contributed by atoms with Gasteiger partial charge in [-0.1, -0.05) is 24.2 Å². The first-order valence-corrected chi connectivity index (χ1v) is 8.29. The fourth-order valence-corrected chi connectivity index (χ4v) is 3.38. The van der Waals surface area contributed by atoms with Crippen LogP contribution in [0.3, 0.4) is 0 Å². The highest BCUT2D eigenvalue weighted by molar-refractivity contribution is 5.39. The van der Waals surface area contributed by atoms with E-state index in [9.17, 15) is 0 Å². The van der Waals surface area contributed by atoms with E-state index in [4.69, 9.17) is 9.26 Å². The molecule has 1 fully saturated rings. The summed E-state index contributed by atoms with van der Waals surface area (Å²) in [5.41, 5.74) is 1.28. The summed E-state index contributed by atoms with van der Waals surface area (Å²) < 4.78 is 10.6. The summed E-state index contributed by atoms with van der Waals surface area (Å²) in [6.07, 6.45) is 2.53. The second-order valence-corrected chi connectivity index (χ2v) is 6.41. The van der Waals surface area contributed by atoms with Crippen LogP contribution in [-0.2, 0) is 6.54 Å². The maximum absolute atomic E-state index is 5.40. The molecule has 2 aromatic heterocycles. The molecule has 0 radical (unpaired) electrons. The third-order valence-corrected chi connectivity index (χ3v) is 4.55. The Hall–Kier alpha value is -2.74. The van der Waals surface area contributed by atoms with Crippen molar-refractivity contribution in [3.05, 3.63) is 42.0 Å². The molecule has 1 aliphatic rings. The molecule has 2 atom stereocenters. The number of H-pyrrole nitrogens is 1. The van der Waals surface area contributed by atoms with E-state index in [0.717, 1.165) is 18.7 Å². The molecule has 0 unspecified atom stereocenters. The summed E-state index contributed by atoms with van der Waals surface area (Å²) in [5, 5.41) is 10.5. The number of rotatable bonds is 5. The summed E-state index contributed by atoms with van der Waals surface area (Å²) in [5.74, 6) is 3.01. The second-order valence-electron chi connectivity index (χ2n) is 6.41. The number of methoxy groups -OCH3 is 1. The highest BCUT2D eigenvalue weighted by Crippen LogP contribution is 2.36. The molecule has 0 spiro atoms. The second kappa shape index (κ2) is 6.64. The van der Waals surface area contributed by atoms with Crippen LogP contribution in [0.5, 0.6) is 5.75 Å². The molecule has 4 rings (SSSR count). The molecule has 0 saturated carbocycles. The first kappa shape index (κ1) is 15.8. The molecule has 8 heteroatoms. The maximum Gasteiger partial charge on any atom is 0.241 e. The van der Waals surface area contributed by atoms with E-state index in [-0.39, 0.29) is 0 Å². The topological polar surface area (TPSA) is 93.0 Å². The molecule has 3 heterocycles. The lowest BCUT2D eigenvalue weighted by atomic mass is 10.0. The molecule has 25 heavy (non-hydrogen) atoms. The number of benzene rings is 1. The molecule has 1 saturated heterocycles. The summed E-state index contributed by atoms with van der Waals surface area (Å²) in [4.78, 5) is 10.8. The average molecular weight is 340 g/mol. The van der Waals surface area contributed by atoms with Crippen LogP contribution in [0.15, 0.2) is 35.1 Å². The molecular weight excluding hydrogens is 320 g/mol. The van der Waals surface area contributed by atoms with Crippen molar-refractivity contribution in [1.82, 2.24) is 30.2 Å². The zero-order chi connectivity index (χ0) is 17.2. The Morgan fingerprint density at radius 1 is 1.32 bits per heavy atom. The fourth-order valence-electron chi connectivity index (χ4n) is 3.38. The van der Waals surface area contributed by atoms with Gasteiger partial charge in [0.2, 0.25) is 11.7 Å². The Bertz CT molecular complexity index is 814. The summed E-state index contributed by atoms with van der Waals surface area (Å²) in [6, 6.07) is 8.60. The van der Waals surface area contributed by atoms with Crippen molar-refractivity contribution in [2.75, 3.05) is 13.7 Å². The quantitative estimate of drug-likeness (QED) is 0.762. The predicted octanol–water partition coefficient (Wildman–Crippen LogP) is 2.45. The van der Waals surface area contributed by atoms with Crippen molar-refractivity contribution < 1.29 is 9.26 Å². The minimum atomic E-state index is 0.335. The van der Waals surface area contributed by atoms with E-state index in [1.165, 1.54) is 11.9 Å². The van der Waals surface area contributed by atoms with Gasteiger partial charge in [0.05, 0.1) is 13.7 Å². The van der Waals surface area contributed by atoms with Crippen LogP contribution in [0, 0.1) is 5.92 Å². The molecule has 0 amide bonds. The maximum atomic E-state index is 5.40. The van der Waals surface area contributed by atoms with E-state index in [1.54, 1.807) is 7.11 Å². The van der Waals surface area contributed by atoms with E-state index in [0.29, 0.717) is 36.0 Å². The van der Waals surface area contributed by atoms with Crippen LogP contribution in [0.1, 0.15) is 30.8 Å². The van der Waals surface area contributed by atoms with Gasteiger partial charge in [-0.3, -0.25) is 10.00 Å². The molecule has 3 aromatic rings. The zero-order valence-corrected chi connectivity index (χ0v) is 14.2. The van der Waals surface area contributed by atoms with Gasteiger partial charge in [-0.2, -0.15) is 10.1 Å². The van der Waals surface area contributed by atoms with E-state index >= 15 is 0 Å². The van der Waals surface area contributed by atoms with Crippen molar-refractivity contribution in [1.29, 1.82) is 0 Å². The Balaban J connectivity index is 1.51. The molecule has 0 bridgehead atoms. The van der Waals surface area contributed by atoms with Crippen LogP contribution in [-0.4, -0.2) is 43.9 Å². The lowest BCUT2D eigenvalue weighted by molar-refractivity contribution is 0.210. The number of aromatic amines is 1. The van der Waals surface area contributed by atoms with Crippen LogP contribution in [0.2, 0.25) is 0 Å². The van der Waals surface area contributed by atoms with E-state index in [2.05, 4.69) is 49.3 Å². The van der Waals surface area contributed by atoms with Gasteiger partial charge in [-0.05, 0) is 30.0 Å². The standard InChI is InChI=1S/C17H20N6O2/c1-11-7-14(12-3-5-13(24-2)6-4-12)23(8-11)9-15-20-17(22-25-15)16-18-10-19-21-16/h3-6,10-11,14H,7-9H2,1-2H3,(H,18,19,21)/t11-,14+/m0/s1. The van der Waals surface area contributed by atoms with Crippen LogP contribution in [0.25, 0.3) is 11.6 Å². The molecule has 130 valence electrons. The number of hydrogen-bond acceptors (Lipinski definition) is 7. The first-order valence-electron chi connectivity index (χ1n) is 8.29. The smallest absolute Gasteiger partial charge is 0.241 e. The Kier molecular flexibility index (Phi) is 4.19. The molecule has 1 aliphatic heterocycles. The van der Waals surface area contributed by atoms with Gasteiger partial charge < -0.3 is 9.26 Å². The summed E-state index contributed by atoms with van der Waals surface area (Å²) >= 11 is 0. The van der Waals surface area contributed by atoms with Gasteiger partial charge in [0, 0.05) is 12.6 Å². The minimum absolute atomic E-state index is 0.335. The van der Waals surface area contributed by atoms with Gasteiger partial charge in [0.1, 0.15) is 12.1 Å². The highest BCUT2D eigenvalue weighted by atomic mass is 16.5. The fraction of sp³-hybridized carbons (Fsp3) is 0.412. The number of aromatic nitrogens is 5. The third kappa shape index (κ3) is 3.25. The van der Waals surface area contributed by atoms with Crippen molar-refractivity contribution in [3.63, 3.8) is 0 Å². The van der Waals surface area contributed by atoms with Crippen molar-refractivity contribution in [2.45, 2.75) is 25.9 Å². The highest BCUT2D eigenvalue weighted by Gasteiger charge is 2.32. The summed E-state index contributed by atoms with van der Waals surface area (Å²) in [6.45, 7) is 3.88. The number of likely N-dealkylation sites (tertiary alicyclic amines) is 1. The number of nitrogens with zero attached hydrogens (tertiary/aromatic N) is 5. The molecule has 1 N–H and O–H groups in total. The SMILES string of the molecule is COc1ccc([C@H]2C[C@H](C)CN2Cc2nc(-c3ncn[nH]3)no2)cc1. The van der Waals surface area contributed by atoms with Gasteiger partial charge in [0.15, 0.2) is 5.82 Å². The zero-order valence-electron chi connectivity index (χ0n) is 14.2. The van der Waals surface area contributed by atoms with Gasteiger partial charge in [-0.15, -0.1) is 0 Å². The monoisotopic (exact) mass is 340 g/mol. The summed E-state index contributed by atoms with van der Waals surface area (Å²) in [7, 11) is 1.68. The van der Waals surface area contributed by atoms with Crippen LogP contribution in [0.4, 0.5) is 0 Å². The van der Waals surface area contributed by atoms with Crippen molar-refractivity contribution in [3.8, 4) is 17.4 Å². The van der Waals surface area contributed by atoms with Crippen molar-refractivity contribution in [2.24, 2.45) is 5.92 Å². The largest absolute Gasteiger partial charge is 0.497 e. The Morgan fingerprint density at radius 3 is 2.88 bits per heavy atom. The van der Waals surface area contributed by atoms with Gasteiger partial charge in [0.25, 0.3) is 0 Å². The molecule has 1 aromatic carbocycles. The lowest BCUT2D eigenvalue weighted by Gasteiger charge is -2.23. The molecule has 0 aliphatic carbocycles. The lowest BCUT2D eigenvalue weighted by Crippen LogP contribution is -2.23. The Morgan fingerprint density at radius 2 is 2.16 bits per heavy atom. The van der Waals surface area contributed by atoms with E-state index in [1.807, 2.05) is 12.1 Å². The third-order valence-electron chi connectivity index (χ3n) is 4.55. The molecular formula is C17H20N6O2. The minimum Gasteiger partial charge on any atom is -0.497 e. The van der Waals surface area contributed by atoms with Crippen LogP contribution < -0.4 is 4.74 Å². The van der Waals surface area contributed by atoms with Crippen LogP contribution >= 0.6 is 0 Å². The van der Waals surface area contributed by atoms with Gasteiger partial charge in [-0.25, -0.2) is 4.98 Å². The average Bonchev–Trinajstić information content (AvgIpc) is 3.36.